The summed E-state index contributed by atoms with van der Waals surface area (Å²) in [6, 6.07) is 14.2. The van der Waals surface area contributed by atoms with E-state index in [1.54, 1.807) is 0 Å². The third-order valence-corrected chi connectivity index (χ3v) is 8.03. The molecule has 4 N–H and O–H groups in total. The van der Waals surface area contributed by atoms with Crippen LogP contribution in [-0.2, 0) is 11.3 Å². The summed E-state index contributed by atoms with van der Waals surface area (Å²) in [5, 5.41) is 20.7. The number of benzene rings is 2. The molecule has 2 aromatic carbocycles. The first-order chi connectivity index (χ1) is 20.1. The van der Waals surface area contributed by atoms with Crippen LogP contribution in [0.4, 0.5) is 19.3 Å². The topological polar surface area (TPSA) is 151 Å². The smallest absolute Gasteiger partial charge is 0.407 e. The number of nitrogens with zero attached hydrogens (tertiary/aromatic N) is 4. The molecule has 3 heterocycles. The van der Waals surface area contributed by atoms with Gasteiger partial charge in [0.25, 0.3) is 5.56 Å². The number of likely N-dealkylation sites (tertiary alicyclic amines) is 2. The van der Waals surface area contributed by atoms with Gasteiger partial charge in [0.15, 0.2) is 5.69 Å². The predicted molar refractivity (Wildman–Crippen MR) is 147 cm³/mol. The number of nitrogens with two attached hydrogens (primary N) is 1. The predicted octanol–water partition coefficient (Wildman–Crippen LogP) is 2.84. The number of carbonyl (C=O) groups is 2. The zero-order valence-electron chi connectivity index (χ0n) is 22.6. The standard InChI is InChI=1S/C29H31F2N5O6/c30-19-6-8-20(9-7-19)42-25-24(32)27(38)36(17-33-25)16-29(41)11-13-34(15-23(29)31)26(37)21-10-12-35(28(39)40)14-22(21)18-4-2-1-3-5-18/h1-9,17,21-23,41H,10-16,32H2,(H,39,40)/t21-,22+,23+,29+/m1/s1. The minimum absolute atomic E-state index is 0.0415. The second kappa shape index (κ2) is 11.8. The lowest BCUT2D eigenvalue weighted by atomic mass is 9.79. The van der Waals surface area contributed by atoms with Gasteiger partial charge in [0.05, 0.1) is 13.1 Å². The fraction of sp³-hybridized carbons (Fsp3) is 0.379. The maximum Gasteiger partial charge on any atom is 0.407 e. The van der Waals surface area contributed by atoms with E-state index in [0.29, 0.717) is 0 Å². The van der Waals surface area contributed by atoms with Gasteiger partial charge in [-0.3, -0.25) is 14.2 Å². The number of nitrogen functional groups attached to an aromatic ring is 1. The van der Waals surface area contributed by atoms with Gasteiger partial charge in [-0.15, -0.1) is 0 Å². The van der Waals surface area contributed by atoms with Gasteiger partial charge in [-0.05, 0) is 42.7 Å². The van der Waals surface area contributed by atoms with Crippen LogP contribution in [0.1, 0.15) is 24.3 Å². The van der Waals surface area contributed by atoms with Crippen molar-refractivity contribution in [2.24, 2.45) is 5.92 Å². The number of amides is 2. The van der Waals surface area contributed by atoms with E-state index in [-0.39, 0.29) is 62.2 Å². The van der Waals surface area contributed by atoms with E-state index < -0.39 is 47.6 Å². The zero-order chi connectivity index (χ0) is 30.0. The largest absolute Gasteiger partial charge is 0.465 e. The quantitative estimate of drug-likeness (QED) is 0.401. The first-order valence-electron chi connectivity index (χ1n) is 13.5. The van der Waals surface area contributed by atoms with E-state index in [0.717, 1.165) is 16.5 Å². The van der Waals surface area contributed by atoms with Gasteiger partial charge >= 0.3 is 6.09 Å². The Morgan fingerprint density at radius 1 is 1.07 bits per heavy atom. The van der Waals surface area contributed by atoms with Gasteiger partial charge in [0.1, 0.15) is 29.7 Å². The van der Waals surface area contributed by atoms with Crippen LogP contribution in [0.3, 0.4) is 0 Å². The Bertz CT molecular complexity index is 1500. The maximum absolute atomic E-state index is 15.6. The average Bonchev–Trinajstić information content (AvgIpc) is 2.99. The lowest BCUT2D eigenvalue weighted by molar-refractivity contribution is -0.149. The van der Waals surface area contributed by atoms with Crippen LogP contribution in [0.15, 0.2) is 65.7 Å². The van der Waals surface area contributed by atoms with Crippen molar-refractivity contribution in [2.45, 2.75) is 37.1 Å². The minimum Gasteiger partial charge on any atom is -0.465 e. The summed E-state index contributed by atoms with van der Waals surface area (Å²) >= 11 is 0. The Morgan fingerprint density at radius 2 is 1.79 bits per heavy atom. The summed E-state index contributed by atoms with van der Waals surface area (Å²) in [5.74, 6) is -1.74. The van der Waals surface area contributed by atoms with E-state index in [2.05, 4.69) is 4.98 Å². The second-order valence-electron chi connectivity index (χ2n) is 10.7. The highest BCUT2D eigenvalue weighted by atomic mass is 19.1. The fourth-order valence-electron chi connectivity index (χ4n) is 5.61. The molecule has 11 nitrogen and oxygen atoms in total. The van der Waals surface area contributed by atoms with Gasteiger partial charge < -0.3 is 30.5 Å². The normalized spacial score (nSPS) is 24.3. The number of ether oxygens (including phenoxy) is 1. The fourth-order valence-corrected chi connectivity index (χ4v) is 5.61. The number of aliphatic hydroxyl groups is 1. The first kappa shape index (κ1) is 29.0. The van der Waals surface area contributed by atoms with Crippen LogP contribution in [0.2, 0.25) is 0 Å². The molecule has 0 radical (unpaired) electrons. The maximum atomic E-state index is 15.6. The highest BCUT2D eigenvalue weighted by Gasteiger charge is 2.46. The van der Waals surface area contributed by atoms with Crippen molar-refractivity contribution in [3.05, 3.63) is 82.7 Å². The molecule has 2 fully saturated rings. The van der Waals surface area contributed by atoms with E-state index in [1.165, 1.54) is 34.1 Å². The van der Waals surface area contributed by atoms with E-state index >= 15 is 4.39 Å². The summed E-state index contributed by atoms with van der Waals surface area (Å²) in [5.41, 5.74) is 3.64. The molecule has 0 saturated carbocycles. The Balaban J connectivity index is 1.27. The summed E-state index contributed by atoms with van der Waals surface area (Å²) in [6.07, 6.45) is -1.72. The van der Waals surface area contributed by atoms with Gasteiger partial charge in [-0.2, -0.15) is 0 Å². The van der Waals surface area contributed by atoms with Crippen molar-refractivity contribution in [2.75, 3.05) is 31.9 Å². The average molecular weight is 584 g/mol. The Morgan fingerprint density at radius 3 is 2.45 bits per heavy atom. The number of alkyl halides is 1. The molecule has 222 valence electrons. The molecule has 2 aliphatic rings. The van der Waals surface area contributed by atoms with Gasteiger partial charge in [-0.25, -0.2) is 18.6 Å². The molecule has 0 bridgehead atoms. The molecular formula is C29H31F2N5O6. The van der Waals surface area contributed by atoms with Crippen LogP contribution in [-0.4, -0.2) is 79.5 Å². The summed E-state index contributed by atoms with van der Waals surface area (Å²) in [4.78, 5) is 44.8. The van der Waals surface area contributed by atoms with Crippen LogP contribution >= 0.6 is 0 Å². The molecule has 2 saturated heterocycles. The van der Waals surface area contributed by atoms with Crippen LogP contribution in [0.5, 0.6) is 11.6 Å². The SMILES string of the molecule is Nc1c(Oc2ccc(F)cc2)ncn(C[C@@]2(O)CCN(C(=O)[C@@H]3CCN(C(=O)O)C[C@H]3c3ccccc3)C[C@@H]2F)c1=O. The lowest BCUT2D eigenvalue weighted by Crippen LogP contribution is -2.59. The third-order valence-electron chi connectivity index (χ3n) is 8.03. The summed E-state index contributed by atoms with van der Waals surface area (Å²) in [6.45, 7) is -0.471. The summed E-state index contributed by atoms with van der Waals surface area (Å²) < 4.78 is 35.2. The van der Waals surface area contributed by atoms with Crippen LogP contribution < -0.4 is 16.0 Å². The number of aromatic nitrogens is 2. The third kappa shape index (κ3) is 5.91. The molecule has 4 atom stereocenters. The van der Waals surface area contributed by atoms with Gasteiger partial charge in [0, 0.05) is 31.5 Å². The van der Waals surface area contributed by atoms with Crippen molar-refractivity contribution in [3.63, 3.8) is 0 Å². The highest BCUT2D eigenvalue weighted by molar-refractivity contribution is 5.81. The molecule has 5 rings (SSSR count). The van der Waals surface area contributed by atoms with E-state index in [9.17, 15) is 29.0 Å². The van der Waals surface area contributed by atoms with E-state index in [4.69, 9.17) is 10.5 Å². The van der Waals surface area contributed by atoms with Crippen LogP contribution in [0, 0.1) is 11.7 Å². The Hall–Kier alpha value is -4.52. The zero-order valence-corrected chi connectivity index (χ0v) is 22.6. The van der Waals surface area contributed by atoms with Crippen molar-refractivity contribution < 1.29 is 33.3 Å². The minimum atomic E-state index is -1.97. The van der Waals surface area contributed by atoms with Crippen LogP contribution in [0.25, 0.3) is 0 Å². The molecule has 0 spiro atoms. The van der Waals surface area contributed by atoms with Gasteiger partial charge in [-0.1, -0.05) is 30.3 Å². The molecule has 0 unspecified atom stereocenters. The van der Waals surface area contributed by atoms with Crippen molar-refractivity contribution in [1.29, 1.82) is 0 Å². The highest BCUT2D eigenvalue weighted by Crippen LogP contribution is 2.36. The first-order valence-corrected chi connectivity index (χ1v) is 13.5. The second-order valence-corrected chi connectivity index (χ2v) is 10.7. The molecule has 42 heavy (non-hydrogen) atoms. The number of hydrogen-bond donors (Lipinski definition) is 3. The number of anilines is 1. The van der Waals surface area contributed by atoms with Crippen molar-refractivity contribution in [1.82, 2.24) is 19.4 Å². The van der Waals surface area contributed by atoms with Crippen molar-refractivity contribution in [3.8, 4) is 11.6 Å². The number of carbonyl (C=O) groups excluding carboxylic acids is 1. The molecular weight excluding hydrogens is 552 g/mol. The molecule has 13 heteroatoms. The molecule has 2 amide bonds. The Labute approximate surface area is 239 Å². The van der Waals surface area contributed by atoms with Crippen molar-refractivity contribution >= 4 is 17.7 Å². The van der Waals surface area contributed by atoms with E-state index in [1.807, 2.05) is 30.3 Å². The van der Waals surface area contributed by atoms with Gasteiger partial charge in [0.2, 0.25) is 11.8 Å². The Kier molecular flexibility index (Phi) is 8.12. The number of piperidine rings is 2. The lowest BCUT2D eigenvalue weighted by Gasteiger charge is -2.44. The summed E-state index contributed by atoms with van der Waals surface area (Å²) in [7, 11) is 0. The molecule has 3 aromatic rings. The monoisotopic (exact) mass is 583 g/mol. The number of hydrogen-bond acceptors (Lipinski definition) is 7. The molecule has 0 aliphatic carbocycles. The molecule has 1 aromatic heterocycles. The number of halogens is 2. The molecule has 2 aliphatic heterocycles. The number of carboxylic acid groups (broad SMARTS) is 1. The number of rotatable bonds is 6.